The van der Waals surface area contributed by atoms with Gasteiger partial charge in [-0.3, -0.25) is 19.5 Å². The van der Waals surface area contributed by atoms with Crippen molar-refractivity contribution in [3.8, 4) is 5.75 Å². The van der Waals surface area contributed by atoms with E-state index in [4.69, 9.17) is 13.9 Å². The molecule has 3 aromatic rings. The van der Waals surface area contributed by atoms with Gasteiger partial charge in [0.2, 0.25) is 0 Å². The molecule has 0 bridgehead atoms. The van der Waals surface area contributed by atoms with Gasteiger partial charge in [0, 0.05) is 19.0 Å². The summed E-state index contributed by atoms with van der Waals surface area (Å²) in [6.45, 7) is 0.617. The molecule has 2 aromatic carbocycles. The first-order valence-corrected chi connectivity index (χ1v) is 8.66. The van der Waals surface area contributed by atoms with Crippen LogP contribution < -0.4 is 10.5 Å². The van der Waals surface area contributed by atoms with Crippen LogP contribution in [0.25, 0.3) is 11.1 Å². The number of benzene rings is 2. The zero-order valence-electron chi connectivity index (χ0n) is 14.9. The lowest BCUT2D eigenvalue weighted by Gasteiger charge is -2.07. The predicted molar refractivity (Wildman–Crippen MR) is 99.3 cm³/mol. The fraction of sp³-hybridized carbons (Fsp3) is 0.263. The summed E-state index contributed by atoms with van der Waals surface area (Å²) in [6, 6.07) is 13.2. The highest BCUT2D eigenvalue weighted by molar-refractivity contribution is 5.75. The molecular formula is C19H18N2O7. The molecule has 28 heavy (non-hydrogen) atoms. The number of ether oxygens (including phenoxy) is 2. The largest absolute Gasteiger partial charge is 0.490 e. The Hall–Kier alpha value is -3.62. The van der Waals surface area contributed by atoms with E-state index in [9.17, 15) is 19.7 Å². The van der Waals surface area contributed by atoms with Crippen molar-refractivity contribution in [3.63, 3.8) is 0 Å². The Morgan fingerprint density at radius 2 is 1.93 bits per heavy atom. The highest BCUT2D eigenvalue weighted by Crippen LogP contribution is 2.20. The van der Waals surface area contributed by atoms with Crippen molar-refractivity contribution in [2.45, 2.75) is 19.4 Å². The molecule has 0 aliphatic carbocycles. The molecule has 0 aliphatic rings. The van der Waals surface area contributed by atoms with Gasteiger partial charge in [0.15, 0.2) is 5.58 Å². The highest BCUT2D eigenvalue weighted by atomic mass is 16.6. The number of nitrogens with zero attached hydrogens (tertiary/aromatic N) is 2. The average molecular weight is 386 g/mol. The van der Waals surface area contributed by atoms with Crippen LogP contribution in [-0.2, 0) is 16.1 Å². The van der Waals surface area contributed by atoms with E-state index in [1.165, 1.54) is 22.8 Å². The minimum atomic E-state index is -0.625. The van der Waals surface area contributed by atoms with Crippen molar-refractivity contribution in [2.24, 2.45) is 0 Å². The number of aromatic nitrogens is 1. The standard InChI is InChI=1S/C19H18N2O7/c22-18(27-12-11-26-15-5-2-1-3-6-15)7-4-10-20-16-9-8-14(21(24)25)13-17(16)28-19(20)23/h1-3,5-6,8-9,13H,4,7,10-12H2. The van der Waals surface area contributed by atoms with Crippen LogP contribution >= 0.6 is 0 Å². The minimum Gasteiger partial charge on any atom is -0.490 e. The number of nitro benzene ring substituents is 1. The molecule has 146 valence electrons. The molecule has 0 unspecified atom stereocenters. The van der Waals surface area contributed by atoms with E-state index in [1.54, 1.807) is 0 Å². The number of para-hydroxylation sites is 1. The second kappa shape index (κ2) is 8.85. The summed E-state index contributed by atoms with van der Waals surface area (Å²) in [5, 5.41) is 10.8. The maximum absolute atomic E-state index is 11.9. The molecule has 0 spiro atoms. The summed E-state index contributed by atoms with van der Waals surface area (Å²) < 4.78 is 16.9. The highest BCUT2D eigenvalue weighted by Gasteiger charge is 2.14. The molecule has 0 N–H and O–H groups in total. The molecule has 3 rings (SSSR count). The molecular weight excluding hydrogens is 368 g/mol. The van der Waals surface area contributed by atoms with Crippen molar-refractivity contribution in [2.75, 3.05) is 13.2 Å². The van der Waals surface area contributed by atoms with E-state index >= 15 is 0 Å². The summed E-state index contributed by atoms with van der Waals surface area (Å²) in [5.74, 6) is -0.321. The van der Waals surface area contributed by atoms with Crippen molar-refractivity contribution in [1.82, 2.24) is 4.57 Å². The van der Waals surface area contributed by atoms with E-state index in [2.05, 4.69) is 0 Å². The van der Waals surface area contributed by atoms with Gasteiger partial charge in [0.1, 0.15) is 19.0 Å². The summed E-state index contributed by atoms with van der Waals surface area (Å²) in [6.07, 6.45) is 0.487. The van der Waals surface area contributed by atoms with Crippen molar-refractivity contribution in [1.29, 1.82) is 0 Å². The van der Waals surface area contributed by atoms with Crippen LogP contribution in [0, 0.1) is 10.1 Å². The molecule has 0 fully saturated rings. The first-order chi connectivity index (χ1) is 13.5. The van der Waals surface area contributed by atoms with Gasteiger partial charge in [-0.2, -0.15) is 0 Å². The number of fused-ring (bicyclic) bond motifs is 1. The SMILES string of the molecule is O=C(CCCn1c(=O)oc2cc([N+](=O)[O-])ccc21)OCCOc1ccccc1. The first-order valence-electron chi connectivity index (χ1n) is 8.66. The second-order valence-electron chi connectivity index (χ2n) is 5.91. The summed E-state index contributed by atoms with van der Waals surface area (Å²) in [7, 11) is 0. The number of carbonyl (C=O) groups excluding carboxylic acids is 1. The Morgan fingerprint density at radius 1 is 1.14 bits per heavy atom. The molecule has 0 saturated carbocycles. The van der Waals surface area contributed by atoms with Crippen molar-refractivity contribution in [3.05, 3.63) is 69.2 Å². The van der Waals surface area contributed by atoms with E-state index in [-0.39, 0.29) is 37.4 Å². The lowest BCUT2D eigenvalue weighted by molar-refractivity contribution is -0.384. The predicted octanol–water partition coefficient (Wildman–Crippen LogP) is 2.91. The molecule has 1 aromatic heterocycles. The molecule has 0 atom stereocenters. The smallest absolute Gasteiger partial charge is 0.419 e. The minimum absolute atomic E-state index is 0.122. The summed E-state index contributed by atoms with van der Waals surface area (Å²) in [5.41, 5.74) is 0.426. The number of hydrogen-bond acceptors (Lipinski definition) is 7. The van der Waals surface area contributed by atoms with Gasteiger partial charge < -0.3 is 13.9 Å². The summed E-state index contributed by atoms with van der Waals surface area (Å²) in [4.78, 5) is 34.0. The average Bonchev–Trinajstić information content (AvgIpc) is 3.00. The second-order valence-corrected chi connectivity index (χ2v) is 5.91. The Bertz CT molecular complexity index is 1020. The number of esters is 1. The van der Waals surface area contributed by atoms with E-state index in [0.29, 0.717) is 17.7 Å². The third-order valence-electron chi connectivity index (χ3n) is 3.98. The molecule has 1 heterocycles. The fourth-order valence-electron chi connectivity index (χ4n) is 2.67. The van der Waals surface area contributed by atoms with Crippen LogP contribution in [0.3, 0.4) is 0 Å². The van der Waals surface area contributed by atoms with Crippen molar-refractivity contribution >= 4 is 22.8 Å². The fourth-order valence-corrected chi connectivity index (χ4v) is 2.67. The number of nitro groups is 1. The zero-order valence-corrected chi connectivity index (χ0v) is 14.9. The Labute approximate surface area is 159 Å². The Kier molecular flexibility index (Phi) is 6.05. The van der Waals surface area contributed by atoms with Crippen LogP contribution in [0.1, 0.15) is 12.8 Å². The molecule has 9 nitrogen and oxygen atoms in total. The molecule has 0 saturated heterocycles. The maximum Gasteiger partial charge on any atom is 0.419 e. The Balaban J connectivity index is 1.45. The third-order valence-corrected chi connectivity index (χ3v) is 3.98. The topological polar surface area (TPSA) is 114 Å². The summed E-state index contributed by atoms with van der Waals surface area (Å²) >= 11 is 0. The van der Waals surface area contributed by atoms with Gasteiger partial charge in [0.05, 0.1) is 16.5 Å². The lowest BCUT2D eigenvalue weighted by Crippen LogP contribution is -2.16. The molecule has 0 radical (unpaired) electrons. The van der Waals surface area contributed by atoms with Crippen LogP contribution in [0.2, 0.25) is 0 Å². The van der Waals surface area contributed by atoms with Gasteiger partial charge in [-0.1, -0.05) is 18.2 Å². The van der Waals surface area contributed by atoms with Gasteiger partial charge in [0.25, 0.3) is 5.69 Å². The number of carbonyl (C=O) groups is 1. The van der Waals surface area contributed by atoms with Crippen LogP contribution in [0.15, 0.2) is 57.7 Å². The van der Waals surface area contributed by atoms with Gasteiger partial charge >= 0.3 is 11.7 Å². The van der Waals surface area contributed by atoms with Gasteiger partial charge in [-0.15, -0.1) is 0 Å². The van der Waals surface area contributed by atoms with E-state index in [0.717, 1.165) is 0 Å². The quantitative estimate of drug-likeness (QED) is 0.240. The molecule has 0 aliphatic heterocycles. The lowest BCUT2D eigenvalue weighted by atomic mass is 10.2. The third kappa shape index (κ3) is 4.76. The number of hydrogen-bond donors (Lipinski definition) is 0. The van der Waals surface area contributed by atoms with Crippen LogP contribution in [-0.4, -0.2) is 28.7 Å². The zero-order chi connectivity index (χ0) is 19.9. The van der Waals surface area contributed by atoms with Crippen molar-refractivity contribution < 1.29 is 23.6 Å². The number of aryl methyl sites for hydroxylation is 1. The maximum atomic E-state index is 11.9. The van der Waals surface area contributed by atoms with E-state index in [1.807, 2.05) is 30.3 Å². The van der Waals surface area contributed by atoms with Gasteiger partial charge in [-0.05, 0) is 24.6 Å². The Morgan fingerprint density at radius 3 is 2.68 bits per heavy atom. The van der Waals surface area contributed by atoms with Crippen LogP contribution in [0.4, 0.5) is 5.69 Å². The van der Waals surface area contributed by atoms with Crippen LogP contribution in [0.5, 0.6) is 5.75 Å². The number of rotatable bonds is 9. The molecule has 0 amide bonds. The van der Waals surface area contributed by atoms with Gasteiger partial charge in [-0.25, -0.2) is 4.79 Å². The molecule has 9 heteroatoms. The first kappa shape index (κ1) is 19.2. The normalized spacial score (nSPS) is 10.7. The monoisotopic (exact) mass is 386 g/mol. The number of oxazole rings is 1. The number of non-ortho nitro benzene ring substituents is 1. The van der Waals surface area contributed by atoms with E-state index < -0.39 is 16.6 Å².